The highest BCUT2D eigenvalue weighted by atomic mass is 35.5. The highest BCUT2D eigenvalue weighted by molar-refractivity contribution is 7.98. The van der Waals surface area contributed by atoms with E-state index in [1.807, 2.05) is 43.1 Å². The first-order chi connectivity index (χ1) is 15.6. The van der Waals surface area contributed by atoms with Crippen LogP contribution in [0.2, 0.25) is 5.02 Å². The number of rotatable bonds is 6. The molecule has 0 atom stereocenters. The van der Waals surface area contributed by atoms with Gasteiger partial charge in [0.05, 0.1) is 12.4 Å². The number of benzene rings is 1. The van der Waals surface area contributed by atoms with Gasteiger partial charge in [-0.2, -0.15) is 5.10 Å². The fraction of sp³-hybridized carbons (Fsp3) is 0.182. The number of imidazole rings is 1. The van der Waals surface area contributed by atoms with Crippen LogP contribution in [0.15, 0.2) is 60.3 Å². The number of thioether (sulfide) groups is 1. The Morgan fingerprint density at radius 3 is 2.69 bits per heavy atom. The first-order valence-electron chi connectivity index (χ1n) is 9.87. The number of hydrogen-bond donors (Lipinski definition) is 0. The van der Waals surface area contributed by atoms with E-state index in [1.165, 1.54) is 17.3 Å². The third-order valence-corrected chi connectivity index (χ3v) is 6.26. The fourth-order valence-corrected chi connectivity index (χ4v) is 4.49. The molecule has 0 aliphatic rings. The van der Waals surface area contributed by atoms with Crippen molar-refractivity contribution in [2.75, 3.05) is 18.2 Å². The Bertz CT molecular complexity index is 1420. The van der Waals surface area contributed by atoms with Gasteiger partial charge in [-0.3, -0.25) is 0 Å². The van der Waals surface area contributed by atoms with Crippen LogP contribution in [-0.2, 0) is 13.6 Å². The Morgan fingerprint density at radius 2 is 1.91 bits per heavy atom. The van der Waals surface area contributed by atoms with Crippen molar-refractivity contribution in [1.82, 2.24) is 29.1 Å². The number of aromatic nitrogens is 6. The summed E-state index contributed by atoms with van der Waals surface area (Å²) in [5, 5.41) is 5.71. The Morgan fingerprint density at radius 1 is 1.09 bits per heavy atom. The SMILES string of the molecule is CSc1nc2ncc(Oc3cnn4ccnc(N(C)Cc5ccccc5)c34)c(Cl)c2n1C. The van der Waals surface area contributed by atoms with E-state index in [2.05, 4.69) is 37.1 Å². The number of hydrogen-bond acceptors (Lipinski definition) is 7. The zero-order valence-corrected chi connectivity index (χ0v) is 19.3. The first-order valence-corrected chi connectivity index (χ1v) is 11.5. The minimum Gasteiger partial charge on any atom is -0.450 e. The van der Waals surface area contributed by atoms with Crippen molar-refractivity contribution >= 4 is 45.9 Å². The van der Waals surface area contributed by atoms with Crippen molar-refractivity contribution in [3.8, 4) is 11.5 Å². The fourth-order valence-electron chi connectivity index (χ4n) is 3.65. The third-order valence-electron chi connectivity index (χ3n) is 5.17. The molecule has 0 saturated heterocycles. The molecule has 0 aliphatic heterocycles. The van der Waals surface area contributed by atoms with E-state index < -0.39 is 0 Å². The van der Waals surface area contributed by atoms with Gasteiger partial charge in [0.15, 0.2) is 33.6 Å². The quantitative estimate of drug-likeness (QED) is 0.333. The normalized spacial score (nSPS) is 11.4. The lowest BCUT2D eigenvalue weighted by Crippen LogP contribution is -2.18. The number of pyridine rings is 1. The van der Waals surface area contributed by atoms with Crippen LogP contribution in [0.5, 0.6) is 11.5 Å². The van der Waals surface area contributed by atoms with Gasteiger partial charge in [-0.15, -0.1) is 0 Å². The largest absolute Gasteiger partial charge is 0.450 e. The van der Waals surface area contributed by atoms with Gasteiger partial charge in [-0.25, -0.2) is 19.5 Å². The van der Waals surface area contributed by atoms with E-state index in [9.17, 15) is 0 Å². The molecule has 0 N–H and O–H groups in total. The molecule has 0 fully saturated rings. The summed E-state index contributed by atoms with van der Waals surface area (Å²) in [6.07, 6.45) is 8.73. The molecule has 4 aromatic heterocycles. The standard InChI is InChI=1S/C22H20ClN7OS/c1-28(13-14-7-5-4-6-8-14)21-18-16(12-26-30(18)10-9-24-21)31-15-11-25-20-19(17(15)23)29(2)22(27-20)32-3/h4-12H,13H2,1-3H3. The topological polar surface area (TPSA) is 73.4 Å². The molecule has 32 heavy (non-hydrogen) atoms. The molecule has 0 unspecified atom stereocenters. The molecule has 0 bridgehead atoms. The van der Waals surface area contributed by atoms with Crippen LogP contribution < -0.4 is 9.64 Å². The highest BCUT2D eigenvalue weighted by Gasteiger charge is 2.20. The molecule has 0 saturated carbocycles. The van der Waals surface area contributed by atoms with Crippen molar-refractivity contribution in [3.63, 3.8) is 0 Å². The number of nitrogens with zero attached hydrogens (tertiary/aromatic N) is 7. The summed E-state index contributed by atoms with van der Waals surface area (Å²) < 4.78 is 9.88. The average Bonchev–Trinajstić information content (AvgIpc) is 3.37. The van der Waals surface area contributed by atoms with Crippen LogP contribution >= 0.6 is 23.4 Å². The maximum absolute atomic E-state index is 6.71. The molecule has 0 amide bonds. The van der Waals surface area contributed by atoms with Crippen molar-refractivity contribution in [2.24, 2.45) is 7.05 Å². The van der Waals surface area contributed by atoms with Crippen LogP contribution in [0.4, 0.5) is 5.82 Å². The Hall–Kier alpha value is -3.30. The van der Waals surface area contributed by atoms with E-state index >= 15 is 0 Å². The van der Waals surface area contributed by atoms with Gasteiger partial charge in [-0.05, 0) is 11.8 Å². The van der Waals surface area contributed by atoms with Crippen LogP contribution in [0.3, 0.4) is 0 Å². The van der Waals surface area contributed by atoms with Crippen LogP contribution in [-0.4, -0.2) is 42.4 Å². The summed E-state index contributed by atoms with van der Waals surface area (Å²) in [6, 6.07) is 10.2. The number of halogens is 1. The van der Waals surface area contributed by atoms with E-state index in [0.29, 0.717) is 28.7 Å². The molecule has 162 valence electrons. The van der Waals surface area contributed by atoms with Crippen molar-refractivity contribution in [3.05, 3.63) is 65.7 Å². The minimum atomic E-state index is 0.435. The third kappa shape index (κ3) is 3.53. The number of fused-ring (bicyclic) bond motifs is 2. The van der Waals surface area contributed by atoms with Crippen molar-refractivity contribution < 1.29 is 4.74 Å². The summed E-state index contributed by atoms with van der Waals surface area (Å²) in [4.78, 5) is 15.6. The zero-order chi connectivity index (χ0) is 22.2. The van der Waals surface area contributed by atoms with Gasteiger partial charge < -0.3 is 14.2 Å². The maximum Gasteiger partial charge on any atom is 0.180 e. The van der Waals surface area contributed by atoms with Gasteiger partial charge in [0.25, 0.3) is 0 Å². The van der Waals surface area contributed by atoms with Gasteiger partial charge in [0.2, 0.25) is 0 Å². The molecule has 8 nitrogen and oxygen atoms in total. The predicted octanol–water partition coefficient (Wildman–Crippen LogP) is 4.82. The maximum atomic E-state index is 6.71. The molecule has 4 heterocycles. The second kappa shape index (κ2) is 8.33. The monoisotopic (exact) mass is 465 g/mol. The lowest BCUT2D eigenvalue weighted by Gasteiger charge is -2.19. The summed E-state index contributed by atoms with van der Waals surface area (Å²) in [7, 11) is 3.90. The summed E-state index contributed by atoms with van der Waals surface area (Å²) in [5.41, 5.74) is 3.24. The van der Waals surface area contributed by atoms with Gasteiger partial charge in [0.1, 0.15) is 10.5 Å². The molecule has 0 spiro atoms. The van der Waals surface area contributed by atoms with Crippen molar-refractivity contribution in [2.45, 2.75) is 11.7 Å². The average molecular weight is 466 g/mol. The Balaban J connectivity index is 1.54. The number of aryl methyl sites for hydroxylation is 1. The van der Waals surface area contributed by atoms with Gasteiger partial charge in [0, 0.05) is 33.0 Å². The Labute approximate surface area is 193 Å². The smallest absolute Gasteiger partial charge is 0.180 e. The van der Waals surface area contributed by atoms with E-state index in [0.717, 1.165) is 22.0 Å². The van der Waals surface area contributed by atoms with Crippen LogP contribution in [0.1, 0.15) is 5.56 Å². The minimum absolute atomic E-state index is 0.435. The van der Waals surface area contributed by atoms with Crippen LogP contribution in [0.25, 0.3) is 16.7 Å². The molecule has 5 aromatic rings. The lowest BCUT2D eigenvalue weighted by atomic mass is 10.2. The molecule has 0 aliphatic carbocycles. The van der Waals surface area contributed by atoms with Gasteiger partial charge in [-0.1, -0.05) is 53.7 Å². The Kier molecular flexibility index (Phi) is 5.36. The highest BCUT2D eigenvalue weighted by Crippen LogP contribution is 2.38. The molecule has 5 rings (SSSR count). The zero-order valence-electron chi connectivity index (χ0n) is 17.7. The summed E-state index contributed by atoms with van der Waals surface area (Å²) in [5.74, 6) is 1.73. The summed E-state index contributed by atoms with van der Waals surface area (Å²) in [6.45, 7) is 0.693. The van der Waals surface area contributed by atoms with Crippen LogP contribution in [0, 0.1) is 0 Å². The second-order valence-corrected chi connectivity index (χ2v) is 8.41. The predicted molar refractivity (Wildman–Crippen MR) is 127 cm³/mol. The second-order valence-electron chi connectivity index (χ2n) is 7.26. The van der Waals surface area contributed by atoms with E-state index in [-0.39, 0.29) is 0 Å². The number of ether oxygens (including phenoxy) is 1. The van der Waals surface area contributed by atoms with Gasteiger partial charge >= 0.3 is 0 Å². The number of anilines is 1. The molecule has 10 heteroatoms. The van der Waals surface area contributed by atoms with E-state index in [1.54, 1.807) is 29.3 Å². The lowest BCUT2D eigenvalue weighted by molar-refractivity contribution is 0.486. The first kappa shape index (κ1) is 20.6. The molecular weight excluding hydrogens is 446 g/mol. The van der Waals surface area contributed by atoms with E-state index in [4.69, 9.17) is 16.3 Å². The summed E-state index contributed by atoms with van der Waals surface area (Å²) >= 11 is 8.24. The molecule has 1 aromatic carbocycles. The molecular formula is C22H20ClN7OS. The molecule has 0 radical (unpaired) electrons. The van der Waals surface area contributed by atoms with Crippen molar-refractivity contribution in [1.29, 1.82) is 0 Å².